The zero-order valence-corrected chi connectivity index (χ0v) is 10.7. The lowest BCUT2D eigenvalue weighted by molar-refractivity contribution is 0.587. The molecule has 0 unspecified atom stereocenters. The zero-order chi connectivity index (χ0) is 13.4. The molecule has 0 radical (unpaired) electrons. The molecule has 1 aliphatic heterocycles. The molecule has 19 heavy (non-hydrogen) atoms. The Hall–Kier alpha value is -1.75. The van der Waals surface area contributed by atoms with Gasteiger partial charge in [-0.25, -0.2) is 13.8 Å². The molecule has 3 rings (SSSR count). The first-order valence-corrected chi connectivity index (χ1v) is 6.38. The third-order valence-corrected chi connectivity index (χ3v) is 3.43. The van der Waals surface area contributed by atoms with Crippen LogP contribution in [0.5, 0.6) is 0 Å². The van der Waals surface area contributed by atoms with E-state index < -0.39 is 11.6 Å². The molecule has 1 N–H and O–H groups in total. The molecule has 0 amide bonds. The van der Waals surface area contributed by atoms with Gasteiger partial charge in [0.15, 0.2) is 0 Å². The quantitative estimate of drug-likeness (QED) is 0.855. The topological polar surface area (TPSA) is 28.2 Å². The fourth-order valence-electron chi connectivity index (χ4n) is 2.53. The van der Waals surface area contributed by atoms with Crippen LogP contribution >= 0.6 is 0 Å². The lowest BCUT2D eigenvalue weighted by atomic mass is 10.1. The van der Waals surface area contributed by atoms with E-state index >= 15 is 0 Å². The van der Waals surface area contributed by atoms with Gasteiger partial charge in [0, 0.05) is 31.9 Å². The average Bonchev–Trinajstić information content (AvgIpc) is 2.43. The second kappa shape index (κ2) is 4.74. The summed E-state index contributed by atoms with van der Waals surface area (Å²) in [4.78, 5) is 6.21. The van der Waals surface area contributed by atoms with Gasteiger partial charge < -0.3 is 10.2 Å². The van der Waals surface area contributed by atoms with Crippen LogP contribution in [0.3, 0.4) is 0 Å². The van der Waals surface area contributed by atoms with Gasteiger partial charge in [0.25, 0.3) is 0 Å². The Bertz CT molecular complexity index is 622. The van der Waals surface area contributed by atoms with Gasteiger partial charge in [-0.15, -0.1) is 0 Å². The van der Waals surface area contributed by atoms with E-state index in [0.29, 0.717) is 5.69 Å². The monoisotopic (exact) mass is 263 g/mol. The van der Waals surface area contributed by atoms with Crippen LogP contribution in [0, 0.1) is 18.6 Å². The molecule has 1 aromatic carbocycles. The van der Waals surface area contributed by atoms with Crippen molar-refractivity contribution in [3.63, 3.8) is 0 Å². The highest BCUT2D eigenvalue weighted by atomic mass is 19.1. The van der Waals surface area contributed by atoms with Crippen LogP contribution in [0.1, 0.15) is 5.69 Å². The Kier molecular flexibility index (Phi) is 3.06. The molecule has 0 atom stereocenters. The van der Waals surface area contributed by atoms with Gasteiger partial charge in [-0.2, -0.15) is 0 Å². The molecule has 3 nitrogen and oxygen atoms in total. The number of nitrogens with zero attached hydrogens (tertiary/aromatic N) is 2. The first-order chi connectivity index (χ1) is 9.16. The molecular weight excluding hydrogens is 248 g/mol. The molecule has 5 heteroatoms. The second-order valence-corrected chi connectivity index (χ2v) is 4.77. The van der Waals surface area contributed by atoms with E-state index in [-0.39, 0.29) is 10.9 Å². The molecule has 2 aromatic rings. The van der Waals surface area contributed by atoms with Crippen molar-refractivity contribution >= 4 is 16.6 Å². The molecule has 0 spiro atoms. The van der Waals surface area contributed by atoms with Crippen molar-refractivity contribution in [1.82, 2.24) is 10.3 Å². The van der Waals surface area contributed by atoms with E-state index in [0.717, 1.165) is 37.9 Å². The SMILES string of the molecule is Cc1cc(N2CCNCC2)c2c(F)ccc(F)c2n1. The number of hydrogen-bond donors (Lipinski definition) is 1. The lowest BCUT2D eigenvalue weighted by Crippen LogP contribution is -2.43. The smallest absolute Gasteiger partial charge is 0.149 e. The van der Waals surface area contributed by atoms with Crippen LogP contribution in [0.15, 0.2) is 18.2 Å². The van der Waals surface area contributed by atoms with Crippen LogP contribution in [-0.4, -0.2) is 31.2 Å². The lowest BCUT2D eigenvalue weighted by Gasteiger charge is -2.30. The minimum absolute atomic E-state index is 0.119. The maximum Gasteiger partial charge on any atom is 0.149 e. The van der Waals surface area contributed by atoms with Crippen molar-refractivity contribution in [2.75, 3.05) is 31.1 Å². The Labute approximate surface area is 110 Å². The number of rotatable bonds is 1. The Morgan fingerprint density at radius 3 is 2.58 bits per heavy atom. The molecular formula is C14H15F2N3. The fraction of sp³-hybridized carbons (Fsp3) is 0.357. The average molecular weight is 263 g/mol. The molecule has 1 aromatic heterocycles. The number of pyridine rings is 1. The number of fused-ring (bicyclic) bond motifs is 1. The molecule has 0 bridgehead atoms. The van der Waals surface area contributed by atoms with Crippen molar-refractivity contribution in [3.8, 4) is 0 Å². The van der Waals surface area contributed by atoms with Gasteiger partial charge in [-0.3, -0.25) is 0 Å². The van der Waals surface area contributed by atoms with Gasteiger partial charge in [-0.05, 0) is 25.1 Å². The molecule has 2 heterocycles. The summed E-state index contributed by atoms with van der Waals surface area (Å²) in [6.45, 7) is 5.07. The molecule has 1 saturated heterocycles. The van der Waals surface area contributed by atoms with Gasteiger partial charge in [0.1, 0.15) is 17.2 Å². The van der Waals surface area contributed by atoms with Crippen LogP contribution in [0.25, 0.3) is 10.9 Å². The summed E-state index contributed by atoms with van der Waals surface area (Å²) in [5.74, 6) is -0.895. The van der Waals surface area contributed by atoms with Gasteiger partial charge >= 0.3 is 0 Å². The van der Waals surface area contributed by atoms with Gasteiger partial charge in [-0.1, -0.05) is 0 Å². The minimum atomic E-state index is -0.475. The predicted molar refractivity (Wildman–Crippen MR) is 71.5 cm³/mol. The molecule has 1 fully saturated rings. The highest BCUT2D eigenvalue weighted by Gasteiger charge is 2.18. The number of hydrogen-bond acceptors (Lipinski definition) is 3. The summed E-state index contributed by atoms with van der Waals surface area (Å²) in [6.07, 6.45) is 0. The Balaban J connectivity index is 2.24. The number of benzene rings is 1. The molecule has 0 aliphatic carbocycles. The van der Waals surface area contributed by atoms with E-state index in [1.54, 1.807) is 6.92 Å². The first kappa shape index (κ1) is 12.3. The maximum absolute atomic E-state index is 14.1. The minimum Gasteiger partial charge on any atom is -0.368 e. The van der Waals surface area contributed by atoms with E-state index in [1.165, 1.54) is 6.07 Å². The number of halogens is 2. The summed E-state index contributed by atoms with van der Waals surface area (Å²) in [5.41, 5.74) is 1.56. The van der Waals surface area contributed by atoms with Crippen molar-refractivity contribution in [2.24, 2.45) is 0 Å². The van der Waals surface area contributed by atoms with E-state index in [2.05, 4.69) is 15.2 Å². The largest absolute Gasteiger partial charge is 0.368 e. The van der Waals surface area contributed by atoms with Crippen LogP contribution in [0.4, 0.5) is 14.5 Å². The molecule has 0 saturated carbocycles. The Morgan fingerprint density at radius 1 is 1.16 bits per heavy atom. The Morgan fingerprint density at radius 2 is 1.84 bits per heavy atom. The number of aromatic nitrogens is 1. The molecule has 100 valence electrons. The van der Waals surface area contributed by atoms with Gasteiger partial charge in [0.05, 0.1) is 11.1 Å². The third kappa shape index (κ3) is 2.14. The summed E-state index contributed by atoms with van der Waals surface area (Å²) in [7, 11) is 0. The summed E-state index contributed by atoms with van der Waals surface area (Å²) in [5, 5.41) is 3.53. The van der Waals surface area contributed by atoms with Crippen LogP contribution < -0.4 is 10.2 Å². The standard InChI is InChI=1S/C14H15F2N3/c1-9-8-12(19-6-4-17-5-7-19)13-10(15)2-3-11(16)14(13)18-9/h2-3,8,17H,4-7H2,1H3. The second-order valence-electron chi connectivity index (χ2n) is 4.77. The third-order valence-electron chi connectivity index (χ3n) is 3.43. The zero-order valence-electron chi connectivity index (χ0n) is 10.7. The highest BCUT2D eigenvalue weighted by Crippen LogP contribution is 2.30. The molecule has 1 aliphatic rings. The summed E-state index contributed by atoms with van der Waals surface area (Å²) >= 11 is 0. The van der Waals surface area contributed by atoms with Crippen molar-refractivity contribution in [3.05, 3.63) is 35.5 Å². The number of piperazine rings is 1. The van der Waals surface area contributed by atoms with Crippen LogP contribution in [0.2, 0.25) is 0 Å². The van der Waals surface area contributed by atoms with E-state index in [9.17, 15) is 8.78 Å². The van der Waals surface area contributed by atoms with E-state index in [1.807, 2.05) is 6.07 Å². The number of nitrogens with one attached hydrogen (secondary N) is 1. The number of aryl methyl sites for hydroxylation is 1. The summed E-state index contributed by atoms with van der Waals surface area (Å²) in [6, 6.07) is 4.13. The summed E-state index contributed by atoms with van der Waals surface area (Å²) < 4.78 is 27.9. The maximum atomic E-state index is 14.1. The van der Waals surface area contributed by atoms with Crippen molar-refractivity contribution in [2.45, 2.75) is 6.92 Å². The van der Waals surface area contributed by atoms with Crippen LogP contribution in [-0.2, 0) is 0 Å². The normalized spacial score (nSPS) is 16.1. The fourth-order valence-corrected chi connectivity index (χ4v) is 2.53. The van der Waals surface area contributed by atoms with Gasteiger partial charge in [0.2, 0.25) is 0 Å². The predicted octanol–water partition coefficient (Wildman–Crippen LogP) is 2.23. The first-order valence-electron chi connectivity index (χ1n) is 6.38. The van der Waals surface area contributed by atoms with Crippen molar-refractivity contribution < 1.29 is 8.78 Å². The van der Waals surface area contributed by atoms with Crippen molar-refractivity contribution in [1.29, 1.82) is 0 Å². The number of anilines is 1. The van der Waals surface area contributed by atoms with E-state index in [4.69, 9.17) is 0 Å². The highest BCUT2D eigenvalue weighted by molar-refractivity contribution is 5.93.